The summed E-state index contributed by atoms with van der Waals surface area (Å²) in [6.45, 7) is 2.49. The Kier molecular flexibility index (Phi) is 6.12. The Labute approximate surface area is 168 Å². The molecule has 9 heteroatoms. The molecular formula is C19H21ClN2O5S. The molecule has 150 valence electrons. The minimum Gasteiger partial charge on any atom is -0.506 e. The smallest absolute Gasteiger partial charge is 0.265 e. The van der Waals surface area contributed by atoms with Crippen LogP contribution >= 0.6 is 11.6 Å². The fourth-order valence-corrected chi connectivity index (χ4v) is 4.53. The number of halogens is 1. The van der Waals surface area contributed by atoms with Gasteiger partial charge in [0.1, 0.15) is 11.5 Å². The fourth-order valence-electron chi connectivity index (χ4n) is 2.86. The summed E-state index contributed by atoms with van der Waals surface area (Å²) in [6.07, 6.45) is 0.764. The van der Waals surface area contributed by atoms with Gasteiger partial charge in [-0.3, -0.25) is 4.79 Å². The third-order valence-corrected chi connectivity index (χ3v) is 6.57. The van der Waals surface area contributed by atoms with Gasteiger partial charge in [-0.1, -0.05) is 11.6 Å². The molecule has 2 aromatic carbocycles. The average Bonchev–Trinajstić information content (AvgIpc) is 3.20. The van der Waals surface area contributed by atoms with Crippen LogP contribution in [0.15, 0.2) is 47.4 Å². The Balaban J connectivity index is 1.74. The van der Waals surface area contributed by atoms with Gasteiger partial charge in [0.2, 0.25) is 10.0 Å². The first-order valence-corrected chi connectivity index (χ1v) is 10.7. The zero-order valence-electron chi connectivity index (χ0n) is 15.3. The number of anilines is 1. The molecule has 2 aromatic rings. The number of hydrogen-bond acceptors (Lipinski definition) is 5. The van der Waals surface area contributed by atoms with E-state index >= 15 is 0 Å². The van der Waals surface area contributed by atoms with E-state index in [0.717, 1.165) is 12.8 Å². The largest absolute Gasteiger partial charge is 0.506 e. The molecule has 2 N–H and O–H groups in total. The van der Waals surface area contributed by atoms with Crippen LogP contribution in [0.1, 0.15) is 19.8 Å². The third-order valence-electron chi connectivity index (χ3n) is 4.42. The Hall–Kier alpha value is -2.29. The number of amides is 1. The van der Waals surface area contributed by atoms with E-state index in [1.54, 1.807) is 31.2 Å². The van der Waals surface area contributed by atoms with Crippen molar-refractivity contribution in [3.05, 3.63) is 47.5 Å². The number of sulfonamides is 1. The van der Waals surface area contributed by atoms with Crippen molar-refractivity contribution in [2.24, 2.45) is 0 Å². The van der Waals surface area contributed by atoms with Crippen molar-refractivity contribution in [3.63, 3.8) is 0 Å². The van der Waals surface area contributed by atoms with Crippen LogP contribution in [0.3, 0.4) is 0 Å². The number of rotatable bonds is 6. The highest BCUT2D eigenvalue weighted by atomic mass is 35.5. The Morgan fingerprint density at radius 1 is 1.18 bits per heavy atom. The normalized spacial score (nSPS) is 15.9. The van der Waals surface area contributed by atoms with Gasteiger partial charge in [0.25, 0.3) is 5.91 Å². The second-order valence-corrected chi connectivity index (χ2v) is 8.87. The van der Waals surface area contributed by atoms with E-state index in [9.17, 15) is 18.3 Å². The zero-order valence-corrected chi connectivity index (χ0v) is 16.8. The van der Waals surface area contributed by atoms with Gasteiger partial charge in [0.15, 0.2) is 6.10 Å². The second kappa shape index (κ2) is 8.38. The third kappa shape index (κ3) is 4.57. The second-order valence-electron chi connectivity index (χ2n) is 6.49. The standard InChI is InChI=1S/C19H21ClN2O5S/c1-13(27-15-6-4-14(20)5-7-15)19(24)21-17-12-16(8-9-18(17)23)28(25,26)22-10-2-3-11-22/h4-9,12-13,23H,2-3,10-11H2,1H3,(H,21,24)/t13-/m0/s1. The van der Waals surface area contributed by atoms with Gasteiger partial charge in [-0.15, -0.1) is 0 Å². The number of phenolic OH excluding ortho intramolecular Hbond substituents is 1. The van der Waals surface area contributed by atoms with Gasteiger partial charge in [0.05, 0.1) is 10.6 Å². The van der Waals surface area contributed by atoms with E-state index in [2.05, 4.69) is 5.32 Å². The molecule has 1 aliphatic rings. The molecular weight excluding hydrogens is 404 g/mol. The molecule has 0 aromatic heterocycles. The van der Waals surface area contributed by atoms with E-state index < -0.39 is 22.0 Å². The van der Waals surface area contributed by atoms with Crippen LogP contribution in [-0.4, -0.2) is 42.9 Å². The van der Waals surface area contributed by atoms with E-state index in [1.165, 1.54) is 22.5 Å². The summed E-state index contributed by atoms with van der Waals surface area (Å²) in [5.74, 6) is -0.296. The van der Waals surface area contributed by atoms with Crippen molar-refractivity contribution < 1.29 is 23.1 Å². The van der Waals surface area contributed by atoms with Crippen LogP contribution in [0.4, 0.5) is 5.69 Å². The summed E-state index contributed by atoms with van der Waals surface area (Å²) in [5.41, 5.74) is 0.0110. The fraction of sp³-hybridized carbons (Fsp3) is 0.316. The lowest BCUT2D eigenvalue weighted by atomic mass is 10.2. The number of carbonyl (C=O) groups is 1. The zero-order chi connectivity index (χ0) is 20.3. The van der Waals surface area contributed by atoms with Gasteiger partial charge < -0.3 is 15.2 Å². The maximum atomic E-state index is 12.7. The SMILES string of the molecule is C[C@H](Oc1ccc(Cl)cc1)C(=O)Nc1cc(S(=O)(=O)N2CCCC2)ccc1O. The highest BCUT2D eigenvalue weighted by molar-refractivity contribution is 7.89. The first-order valence-electron chi connectivity index (χ1n) is 8.83. The van der Waals surface area contributed by atoms with Crippen LogP contribution in [0.25, 0.3) is 0 Å². The summed E-state index contributed by atoms with van der Waals surface area (Å²) in [7, 11) is -3.66. The monoisotopic (exact) mass is 424 g/mol. The number of phenols is 1. The molecule has 1 aliphatic heterocycles. The van der Waals surface area contributed by atoms with Gasteiger partial charge in [0, 0.05) is 18.1 Å². The Morgan fingerprint density at radius 2 is 1.82 bits per heavy atom. The summed E-state index contributed by atoms with van der Waals surface area (Å²) in [4.78, 5) is 12.4. The molecule has 1 fully saturated rings. The van der Waals surface area contributed by atoms with Crippen LogP contribution in [0.5, 0.6) is 11.5 Å². The number of benzene rings is 2. The first-order chi connectivity index (χ1) is 13.3. The molecule has 0 radical (unpaired) electrons. The van der Waals surface area contributed by atoms with Crippen molar-refractivity contribution in [2.45, 2.75) is 30.8 Å². The highest BCUT2D eigenvalue weighted by Gasteiger charge is 2.28. The summed E-state index contributed by atoms with van der Waals surface area (Å²) < 4.78 is 32.3. The molecule has 0 bridgehead atoms. The molecule has 1 heterocycles. The predicted octanol–water partition coefficient (Wildman–Crippen LogP) is 3.24. The van der Waals surface area contributed by atoms with Gasteiger partial charge in [-0.25, -0.2) is 8.42 Å². The van der Waals surface area contributed by atoms with E-state index in [-0.39, 0.29) is 16.3 Å². The maximum Gasteiger partial charge on any atom is 0.265 e. The lowest BCUT2D eigenvalue weighted by Gasteiger charge is -2.18. The van der Waals surface area contributed by atoms with E-state index in [0.29, 0.717) is 23.9 Å². The van der Waals surface area contributed by atoms with Gasteiger partial charge in [-0.05, 0) is 62.2 Å². The number of carbonyl (C=O) groups excluding carboxylic acids is 1. The minimum absolute atomic E-state index is 0.0110. The molecule has 1 atom stereocenters. The van der Waals surface area contributed by atoms with Crippen LogP contribution in [-0.2, 0) is 14.8 Å². The molecule has 0 unspecified atom stereocenters. The number of nitrogens with one attached hydrogen (secondary N) is 1. The van der Waals surface area contributed by atoms with Crippen molar-refractivity contribution in [1.82, 2.24) is 4.31 Å². The number of aromatic hydroxyl groups is 1. The molecule has 7 nitrogen and oxygen atoms in total. The molecule has 0 saturated carbocycles. The summed E-state index contributed by atoms with van der Waals surface area (Å²) in [5, 5.41) is 13.1. The van der Waals surface area contributed by atoms with E-state index in [4.69, 9.17) is 16.3 Å². The quantitative estimate of drug-likeness (QED) is 0.694. The number of hydrogen-bond donors (Lipinski definition) is 2. The summed E-state index contributed by atoms with van der Waals surface area (Å²) in [6, 6.07) is 10.4. The van der Waals surface area contributed by atoms with Crippen molar-refractivity contribution in [2.75, 3.05) is 18.4 Å². The van der Waals surface area contributed by atoms with Gasteiger partial charge in [-0.2, -0.15) is 4.31 Å². The van der Waals surface area contributed by atoms with Crippen LogP contribution < -0.4 is 10.1 Å². The maximum absolute atomic E-state index is 12.7. The lowest BCUT2D eigenvalue weighted by molar-refractivity contribution is -0.122. The summed E-state index contributed by atoms with van der Waals surface area (Å²) >= 11 is 5.82. The van der Waals surface area contributed by atoms with Crippen LogP contribution in [0.2, 0.25) is 5.02 Å². The topological polar surface area (TPSA) is 95.9 Å². The lowest BCUT2D eigenvalue weighted by Crippen LogP contribution is -2.30. The van der Waals surface area contributed by atoms with Crippen LogP contribution in [0, 0.1) is 0 Å². The number of nitrogens with zero attached hydrogens (tertiary/aromatic N) is 1. The van der Waals surface area contributed by atoms with E-state index in [1.807, 2.05) is 0 Å². The molecule has 28 heavy (non-hydrogen) atoms. The van der Waals surface area contributed by atoms with Crippen molar-refractivity contribution in [3.8, 4) is 11.5 Å². The van der Waals surface area contributed by atoms with Crippen molar-refractivity contribution in [1.29, 1.82) is 0 Å². The highest BCUT2D eigenvalue weighted by Crippen LogP contribution is 2.29. The van der Waals surface area contributed by atoms with Crippen molar-refractivity contribution >= 4 is 33.2 Å². The molecule has 1 saturated heterocycles. The Bertz CT molecular complexity index is 957. The molecule has 1 amide bonds. The number of ether oxygens (including phenoxy) is 1. The Morgan fingerprint density at radius 3 is 2.46 bits per heavy atom. The molecule has 3 rings (SSSR count). The molecule has 0 aliphatic carbocycles. The minimum atomic E-state index is -3.66. The average molecular weight is 425 g/mol. The van der Waals surface area contributed by atoms with Gasteiger partial charge >= 0.3 is 0 Å². The first kappa shape index (κ1) is 20.4. The molecule has 0 spiro atoms. The predicted molar refractivity (Wildman–Crippen MR) is 106 cm³/mol.